The van der Waals surface area contributed by atoms with Gasteiger partial charge in [0.15, 0.2) is 0 Å². The minimum atomic E-state index is -1.23. The topological polar surface area (TPSA) is 66.4 Å². The van der Waals surface area contributed by atoms with Gasteiger partial charge in [0.05, 0.1) is 0 Å². The molecule has 1 unspecified atom stereocenters. The van der Waals surface area contributed by atoms with Crippen LogP contribution >= 0.6 is 15.9 Å². The minimum Gasteiger partial charge on any atom is -0.480 e. The lowest BCUT2D eigenvalue weighted by atomic mass is 9.96. The Morgan fingerprint density at radius 2 is 2.05 bits per heavy atom. The van der Waals surface area contributed by atoms with Crippen molar-refractivity contribution in [3.05, 3.63) is 40.4 Å². The third-order valence-electron chi connectivity index (χ3n) is 2.94. The second kappa shape index (κ2) is 7.24. The van der Waals surface area contributed by atoms with E-state index in [1.165, 1.54) is 13.0 Å². The Kier molecular flexibility index (Phi) is 5.95. The van der Waals surface area contributed by atoms with Gasteiger partial charge in [-0.15, -0.1) is 0 Å². The van der Waals surface area contributed by atoms with Crippen molar-refractivity contribution in [2.24, 2.45) is 0 Å². The predicted octanol–water partition coefficient (Wildman–Crippen LogP) is 3.22. The van der Waals surface area contributed by atoms with E-state index in [4.69, 9.17) is 0 Å². The maximum Gasteiger partial charge on any atom is 0.329 e. The molecule has 108 valence electrons. The van der Waals surface area contributed by atoms with Gasteiger partial charge in [0.1, 0.15) is 5.54 Å². The monoisotopic (exact) mass is 339 g/mol. The SMILES string of the molecule is CCCC(C)(NC(=O)/C=C/c1ccccc1Br)C(=O)O. The smallest absolute Gasteiger partial charge is 0.329 e. The van der Waals surface area contributed by atoms with Gasteiger partial charge in [-0.25, -0.2) is 4.79 Å². The van der Waals surface area contributed by atoms with Crippen LogP contribution in [-0.4, -0.2) is 22.5 Å². The Hall–Kier alpha value is -1.62. The van der Waals surface area contributed by atoms with E-state index >= 15 is 0 Å². The van der Waals surface area contributed by atoms with E-state index in [0.717, 1.165) is 10.0 Å². The first-order valence-corrected chi connectivity index (χ1v) is 7.16. The molecule has 0 heterocycles. The van der Waals surface area contributed by atoms with Crippen molar-refractivity contribution in [3.8, 4) is 0 Å². The molecule has 0 aromatic heterocycles. The molecule has 0 aliphatic carbocycles. The van der Waals surface area contributed by atoms with Gasteiger partial charge >= 0.3 is 5.97 Å². The van der Waals surface area contributed by atoms with E-state index in [1.54, 1.807) is 6.08 Å². The Balaban J connectivity index is 2.77. The lowest BCUT2D eigenvalue weighted by molar-refractivity contribution is -0.146. The molecule has 20 heavy (non-hydrogen) atoms. The first kappa shape index (κ1) is 16.4. The molecule has 4 nitrogen and oxygen atoms in total. The number of hydrogen-bond donors (Lipinski definition) is 2. The maximum atomic E-state index is 11.8. The zero-order chi connectivity index (χ0) is 15.2. The summed E-state index contributed by atoms with van der Waals surface area (Å²) >= 11 is 3.38. The first-order valence-electron chi connectivity index (χ1n) is 6.37. The number of rotatable bonds is 6. The number of hydrogen-bond acceptors (Lipinski definition) is 2. The van der Waals surface area contributed by atoms with Crippen molar-refractivity contribution in [1.82, 2.24) is 5.32 Å². The Labute approximate surface area is 127 Å². The molecule has 1 rings (SSSR count). The summed E-state index contributed by atoms with van der Waals surface area (Å²) in [7, 11) is 0. The van der Waals surface area contributed by atoms with Gasteiger partial charge in [0.25, 0.3) is 0 Å². The lowest BCUT2D eigenvalue weighted by Gasteiger charge is -2.24. The highest BCUT2D eigenvalue weighted by Gasteiger charge is 2.33. The van der Waals surface area contributed by atoms with Gasteiger partial charge in [-0.05, 0) is 31.1 Å². The summed E-state index contributed by atoms with van der Waals surface area (Å²) < 4.78 is 0.874. The van der Waals surface area contributed by atoms with Crippen LogP contribution in [0, 0.1) is 0 Å². The van der Waals surface area contributed by atoms with E-state index in [9.17, 15) is 14.7 Å². The summed E-state index contributed by atoms with van der Waals surface area (Å²) in [5, 5.41) is 11.7. The van der Waals surface area contributed by atoms with Crippen molar-refractivity contribution in [3.63, 3.8) is 0 Å². The average Bonchev–Trinajstić information content (AvgIpc) is 2.38. The molecule has 0 spiro atoms. The second-order valence-corrected chi connectivity index (χ2v) is 5.59. The molecule has 2 N–H and O–H groups in total. The van der Waals surface area contributed by atoms with Crippen LogP contribution in [0.3, 0.4) is 0 Å². The Bertz CT molecular complexity index is 528. The fraction of sp³-hybridized carbons (Fsp3) is 0.333. The fourth-order valence-electron chi connectivity index (χ4n) is 1.81. The number of halogens is 1. The third kappa shape index (κ3) is 4.49. The fourth-order valence-corrected chi connectivity index (χ4v) is 2.23. The Morgan fingerprint density at radius 1 is 1.40 bits per heavy atom. The van der Waals surface area contributed by atoms with Gasteiger partial charge in [0, 0.05) is 10.5 Å². The van der Waals surface area contributed by atoms with Gasteiger partial charge in [-0.1, -0.05) is 47.5 Å². The number of nitrogens with one attached hydrogen (secondary N) is 1. The molecule has 0 aliphatic rings. The highest BCUT2D eigenvalue weighted by molar-refractivity contribution is 9.10. The van der Waals surface area contributed by atoms with E-state index in [2.05, 4.69) is 21.2 Å². The Morgan fingerprint density at radius 3 is 2.60 bits per heavy atom. The summed E-state index contributed by atoms with van der Waals surface area (Å²) in [6.07, 6.45) is 4.05. The number of carboxylic acids is 1. The average molecular weight is 340 g/mol. The predicted molar refractivity (Wildman–Crippen MR) is 82.3 cm³/mol. The van der Waals surface area contributed by atoms with E-state index in [1.807, 2.05) is 31.2 Å². The van der Waals surface area contributed by atoms with Crippen molar-refractivity contribution in [2.45, 2.75) is 32.2 Å². The van der Waals surface area contributed by atoms with Gasteiger partial charge < -0.3 is 10.4 Å². The number of benzene rings is 1. The summed E-state index contributed by atoms with van der Waals surface area (Å²) in [4.78, 5) is 23.1. The van der Waals surface area contributed by atoms with Crippen molar-refractivity contribution in [1.29, 1.82) is 0 Å². The highest BCUT2D eigenvalue weighted by atomic mass is 79.9. The molecular weight excluding hydrogens is 322 g/mol. The van der Waals surface area contributed by atoms with Gasteiger partial charge in [-0.3, -0.25) is 4.79 Å². The summed E-state index contributed by atoms with van der Waals surface area (Å²) in [6.45, 7) is 3.40. The third-order valence-corrected chi connectivity index (χ3v) is 3.66. The van der Waals surface area contributed by atoms with Crippen LogP contribution in [0.25, 0.3) is 6.08 Å². The lowest BCUT2D eigenvalue weighted by Crippen LogP contribution is -2.51. The number of aliphatic carboxylic acids is 1. The van der Waals surface area contributed by atoms with Crippen molar-refractivity contribution >= 4 is 33.9 Å². The molecule has 1 aromatic carbocycles. The molecule has 0 saturated heterocycles. The minimum absolute atomic E-state index is 0.386. The van der Waals surface area contributed by atoms with Crippen LogP contribution in [0.4, 0.5) is 0 Å². The van der Waals surface area contributed by atoms with Gasteiger partial charge in [-0.2, -0.15) is 0 Å². The zero-order valence-corrected chi connectivity index (χ0v) is 13.1. The molecule has 1 atom stereocenters. The molecule has 0 fully saturated rings. The quantitative estimate of drug-likeness (QED) is 0.782. The van der Waals surface area contributed by atoms with E-state index in [0.29, 0.717) is 12.8 Å². The van der Waals surface area contributed by atoms with Crippen LogP contribution < -0.4 is 5.32 Å². The van der Waals surface area contributed by atoms with Crippen LogP contribution in [-0.2, 0) is 9.59 Å². The standard InChI is InChI=1S/C15H18BrNO3/c1-3-10-15(2,14(19)20)17-13(18)9-8-11-6-4-5-7-12(11)16/h4-9H,3,10H2,1-2H3,(H,17,18)(H,19,20)/b9-8+. The normalized spacial score (nSPS) is 13.9. The van der Waals surface area contributed by atoms with Crippen LogP contribution in [0.15, 0.2) is 34.8 Å². The maximum absolute atomic E-state index is 11.8. The highest BCUT2D eigenvalue weighted by Crippen LogP contribution is 2.17. The van der Waals surface area contributed by atoms with Crippen LogP contribution in [0.5, 0.6) is 0 Å². The summed E-state index contributed by atoms with van der Waals surface area (Å²) in [5.41, 5.74) is -0.375. The molecule has 5 heteroatoms. The molecule has 0 saturated carbocycles. The number of amides is 1. The molecular formula is C15H18BrNO3. The number of carbonyl (C=O) groups is 2. The van der Waals surface area contributed by atoms with Crippen molar-refractivity contribution < 1.29 is 14.7 Å². The molecule has 1 amide bonds. The van der Waals surface area contributed by atoms with Crippen molar-refractivity contribution in [2.75, 3.05) is 0 Å². The molecule has 0 bridgehead atoms. The molecule has 0 aliphatic heterocycles. The van der Waals surface area contributed by atoms with Crippen LogP contribution in [0.1, 0.15) is 32.3 Å². The number of carboxylic acid groups (broad SMARTS) is 1. The summed E-state index contributed by atoms with van der Waals surface area (Å²) in [5.74, 6) is -1.44. The molecule has 1 aromatic rings. The van der Waals surface area contributed by atoms with E-state index < -0.39 is 17.4 Å². The molecule has 0 radical (unpaired) electrons. The largest absolute Gasteiger partial charge is 0.480 e. The number of carbonyl (C=O) groups excluding carboxylic acids is 1. The summed E-state index contributed by atoms with van der Waals surface area (Å²) in [6, 6.07) is 7.47. The van der Waals surface area contributed by atoms with Crippen LogP contribution in [0.2, 0.25) is 0 Å². The zero-order valence-electron chi connectivity index (χ0n) is 11.5. The first-order chi connectivity index (χ1) is 9.39. The van der Waals surface area contributed by atoms with E-state index in [-0.39, 0.29) is 0 Å². The van der Waals surface area contributed by atoms with Gasteiger partial charge in [0.2, 0.25) is 5.91 Å². The second-order valence-electron chi connectivity index (χ2n) is 4.73.